The first kappa shape index (κ1) is 11.7. The van der Waals surface area contributed by atoms with Crippen molar-refractivity contribution in [1.29, 1.82) is 0 Å². The number of hydrogen-bond donors (Lipinski definition) is 1. The lowest BCUT2D eigenvalue weighted by molar-refractivity contribution is -0.0394. The van der Waals surface area contributed by atoms with Gasteiger partial charge >= 0.3 is 5.69 Å². The molecule has 0 radical (unpaired) electrons. The van der Waals surface area contributed by atoms with Gasteiger partial charge in [0, 0.05) is 12.6 Å². The van der Waals surface area contributed by atoms with E-state index in [2.05, 4.69) is 20.9 Å². The van der Waals surface area contributed by atoms with Crippen molar-refractivity contribution in [2.75, 3.05) is 6.61 Å². The molecule has 0 aromatic carbocycles. The highest BCUT2D eigenvalue weighted by atomic mass is 79.9. The standard InChI is InChI=1S/C9H10BrFN2O3/c10-7-1-2-13(9(15)12-7)8-6(11)3-5(4-14)16-8/h1-2,5-6,8,14H,3-4H2/t5-,6-,8+/m0/s1. The van der Waals surface area contributed by atoms with Crippen molar-refractivity contribution >= 4 is 15.9 Å². The van der Waals surface area contributed by atoms with Crippen molar-refractivity contribution in [3.63, 3.8) is 0 Å². The molecule has 2 heterocycles. The molecular weight excluding hydrogens is 283 g/mol. The van der Waals surface area contributed by atoms with Gasteiger partial charge in [0.15, 0.2) is 6.23 Å². The third kappa shape index (κ3) is 2.16. The summed E-state index contributed by atoms with van der Waals surface area (Å²) in [5.41, 5.74) is -0.583. The van der Waals surface area contributed by atoms with Crippen molar-refractivity contribution < 1.29 is 14.2 Å². The molecule has 16 heavy (non-hydrogen) atoms. The van der Waals surface area contributed by atoms with Crippen LogP contribution in [0.25, 0.3) is 0 Å². The zero-order valence-electron chi connectivity index (χ0n) is 8.22. The summed E-state index contributed by atoms with van der Waals surface area (Å²) in [4.78, 5) is 15.1. The topological polar surface area (TPSA) is 64.4 Å². The SMILES string of the molecule is O=c1nc(Br)ccn1[C@@H]1O[C@H](CO)C[C@@H]1F. The molecule has 1 aromatic heterocycles. The van der Waals surface area contributed by atoms with Gasteiger partial charge in [-0.15, -0.1) is 0 Å². The maximum absolute atomic E-state index is 13.6. The van der Waals surface area contributed by atoms with E-state index in [1.807, 2.05) is 0 Å². The Hall–Kier alpha value is -0.790. The first-order valence-corrected chi connectivity index (χ1v) is 5.56. The number of ether oxygens (including phenoxy) is 1. The molecule has 1 N–H and O–H groups in total. The van der Waals surface area contributed by atoms with Gasteiger partial charge in [-0.25, -0.2) is 9.18 Å². The highest BCUT2D eigenvalue weighted by Crippen LogP contribution is 2.29. The van der Waals surface area contributed by atoms with E-state index in [4.69, 9.17) is 9.84 Å². The summed E-state index contributed by atoms with van der Waals surface area (Å²) in [5.74, 6) is 0. The molecule has 7 heteroatoms. The molecule has 0 spiro atoms. The number of aromatic nitrogens is 2. The molecule has 0 bridgehead atoms. The average molecular weight is 293 g/mol. The van der Waals surface area contributed by atoms with Crippen LogP contribution in [0.4, 0.5) is 4.39 Å². The molecule has 1 aliphatic heterocycles. The van der Waals surface area contributed by atoms with E-state index in [1.165, 1.54) is 12.3 Å². The van der Waals surface area contributed by atoms with Crippen molar-refractivity contribution in [1.82, 2.24) is 9.55 Å². The van der Waals surface area contributed by atoms with Crippen molar-refractivity contribution in [2.24, 2.45) is 0 Å². The molecule has 0 saturated carbocycles. The molecule has 0 unspecified atom stereocenters. The predicted molar refractivity (Wildman–Crippen MR) is 56.7 cm³/mol. The van der Waals surface area contributed by atoms with E-state index in [-0.39, 0.29) is 13.0 Å². The highest BCUT2D eigenvalue weighted by Gasteiger charge is 2.36. The number of aliphatic hydroxyl groups is 1. The van der Waals surface area contributed by atoms with Crippen LogP contribution in [-0.4, -0.2) is 33.5 Å². The molecule has 2 rings (SSSR count). The van der Waals surface area contributed by atoms with Gasteiger partial charge in [0.2, 0.25) is 0 Å². The summed E-state index contributed by atoms with van der Waals surface area (Å²) in [6.07, 6.45) is -1.36. The van der Waals surface area contributed by atoms with E-state index < -0.39 is 24.2 Å². The van der Waals surface area contributed by atoms with Crippen LogP contribution in [0.15, 0.2) is 21.7 Å². The number of alkyl halides is 1. The Morgan fingerprint density at radius 1 is 1.75 bits per heavy atom. The predicted octanol–water partition coefficient (Wildman–Crippen LogP) is 0.624. The second-order valence-corrected chi connectivity index (χ2v) is 4.34. The van der Waals surface area contributed by atoms with E-state index in [1.54, 1.807) is 0 Å². The van der Waals surface area contributed by atoms with E-state index >= 15 is 0 Å². The summed E-state index contributed by atoms with van der Waals surface area (Å²) < 4.78 is 20.2. The van der Waals surface area contributed by atoms with Gasteiger partial charge in [0.25, 0.3) is 0 Å². The summed E-state index contributed by atoms with van der Waals surface area (Å²) in [6, 6.07) is 1.53. The van der Waals surface area contributed by atoms with Crippen molar-refractivity contribution in [3.8, 4) is 0 Å². The Bertz CT molecular complexity index is 439. The van der Waals surface area contributed by atoms with Crippen LogP contribution in [0, 0.1) is 0 Å². The third-order valence-electron chi connectivity index (χ3n) is 2.40. The first-order valence-electron chi connectivity index (χ1n) is 4.77. The maximum atomic E-state index is 13.6. The zero-order valence-corrected chi connectivity index (χ0v) is 9.80. The third-order valence-corrected chi connectivity index (χ3v) is 2.84. The van der Waals surface area contributed by atoms with Crippen LogP contribution >= 0.6 is 15.9 Å². The fourth-order valence-electron chi connectivity index (χ4n) is 1.65. The van der Waals surface area contributed by atoms with Gasteiger partial charge < -0.3 is 9.84 Å². The van der Waals surface area contributed by atoms with Gasteiger partial charge in [0.1, 0.15) is 10.8 Å². The molecule has 1 aromatic rings. The van der Waals surface area contributed by atoms with Gasteiger partial charge in [-0.3, -0.25) is 4.57 Å². The number of aliphatic hydroxyl groups excluding tert-OH is 1. The normalized spacial score (nSPS) is 29.6. The summed E-state index contributed by atoms with van der Waals surface area (Å²) in [5, 5.41) is 8.86. The second kappa shape index (κ2) is 4.60. The lowest BCUT2D eigenvalue weighted by atomic mass is 10.2. The molecule has 0 aliphatic carbocycles. The van der Waals surface area contributed by atoms with E-state index in [0.717, 1.165) is 4.57 Å². The molecule has 1 fully saturated rings. The van der Waals surface area contributed by atoms with Gasteiger partial charge in [0.05, 0.1) is 12.7 Å². The molecule has 1 saturated heterocycles. The van der Waals surface area contributed by atoms with Crippen LogP contribution in [-0.2, 0) is 4.74 Å². The monoisotopic (exact) mass is 292 g/mol. The van der Waals surface area contributed by atoms with Gasteiger partial charge in [-0.1, -0.05) is 0 Å². The summed E-state index contributed by atoms with van der Waals surface area (Å²) in [6.45, 7) is -0.254. The molecule has 1 aliphatic rings. The number of hydrogen-bond acceptors (Lipinski definition) is 4. The van der Waals surface area contributed by atoms with E-state index in [0.29, 0.717) is 4.60 Å². The Morgan fingerprint density at radius 2 is 2.50 bits per heavy atom. The average Bonchev–Trinajstić information content (AvgIpc) is 2.60. The minimum absolute atomic E-state index is 0.0870. The van der Waals surface area contributed by atoms with Crippen LogP contribution in [0.5, 0.6) is 0 Å². The van der Waals surface area contributed by atoms with E-state index in [9.17, 15) is 9.18 Å². The molecule has 0 amide bonds. The van der Waals surface area contributed by atoms with Crippen LogP contribution < -0.4 is 5.69 Å². The molecule has 5 nitrogen and oxygen atoms in total. The number of nitrogens with zero attached hydrogens (tertiary/aromatic N) is 2. The zero-order chi connectivity index (χ0) is 11.7. The lowest BCUT2D eigenvalue weighted by Crippen LogP contribution is -2.30. The molecular formula is C9H10BrFN2O3. The Balaban J connectivity index is 2.28. The summed E-state index contributed by atoms with van der Waals surface area (Å²) >= 11 is 3.05. The second-order valence-electron chi connectivity index (χ2n) is 3.52. The van der Waals surface area contributed by atoms with Gasteiger partial charge in [-0.2, -0.15) is 4.98 Å². The first-order chi connectivity index (χ1) is 7.61. The van der Waals surface area contributed by atoms with Crippen LogP contribution in [0.2, 0.25) is 0 Å². The van der Waals surface area contributed by atoms with Crippen LogP contribution in [0.3, 0.4) is 0 Å². The maximum Gasteiger partial charge on any atom is 0.350 e. The van der Waals surface area contributed by atoms with Crippen LogP contribution in [0.1, 0.15) is 12.6 Å². The Kier molecular flexibility index (Phi) is 3.36. The Morgan fingerprint density at radius 3 is 3.06 bits per heavy atom. The fraction of sp³-hybridized carbons (Fsp3) is 0.556. The lowest BCUT2D eigenvalue weighted by Gasteiger charge is -2.15. The quantitative estimate of drug-likeness (QED) is 0.812. The molecule has 88 valence electrons. The largest absolute Gasteiger partial charge is 0.394 e. The minimum Gasteiger partial charge on any atom is -0.394 e. The summed E-state index contributed by atoms with van der Waals surface area (Å²) in [7, 11) is 0. The smallest absolute Gasteiger partial charge is 0.350 e. The van der Waals surface area contributed by atoms with Gasteiger partial charge in [-0.05, 0) is 22.0 Å². The molecule has 3 atom stereocenters. The highest BCUT2D eigenvalue weighted by molar-refractivity contribution is 9.10. The number of halogens is 2. The Labute approximate surface area is 99.0 Å². The number of rotatable bonds is 2. The minimum atomic E-state index is -1.31. The van der Waals surface area contributed by atoms with Crippen molar-refractivity contribution in [2.45, 2.75) is 24.9 Å². The van der Waals surface area contributed by atoms with Crippen molar-refractivity contribution in [3.05, 3.63) is 27.4 Å². The fourth-order valence-corrected chi connectivity index (χ4v) is 1.92.